The van der Waals surface area contributed by atoms with Gasteiger partial charge in [0.05, 0.1) is 0 Å². The third-order valence-electron chi connectivity index (χ3n) is 3.70. The van der Waals surface area contributed by atoms with Crippen LogP contribution >= 0.6 is 28.1 Å². The highest BCUT2D eigenvalue weighted by Crippen LogP contribution is 2.29. The summed E-state index contributed by atoms with van der Waals surface area (Å²) in [5, 5.41) is 3.62. The molecule has 0 amide bonds. The molecule has 1 fully saturated rings. The predicted octanol–water partition coefficient (Wildman–Crippen LogP) is 4.07. The van der Waals surface area contributed by atoms with Gasteiger partial charge in [0.15, 0.2) is 0 Å². The van der Waals surface area contributed by atoms with Crippen LogP contribution in [0.5, 0.6) is 0 Å². The SMILES string of the molecule is CC1CCCCC1Nc1ccc(Br)cc1C(N)=S. The minimum absolute atomic E-state index is 0.447. The van der Waals surface area contributed by atoms with Gasteiger partial charge in [0, 0.05) is 21.8 Å². The number of nitrogens with one attached hydrogen (secondary N) is 1. The fourth-order valence-electron chi connectivity index (χ4n) is 2.58. The van der Waals surface area contributed by atoms with Crippen molar-refractivity contribution in [3.8, 4) is 0 Å². The van der Waals surface area contributed by atoms with Crippen LogP contribution in [0.2, 0.25) is 0 Å². The topological polar surface area (TPSA) is 38.0 Å². The Balaban J connectivity index is 2.20. The summed E-state index contributed by atoms with van der Waals surface area (Å²) in [6, 6.07) is 6.60. The Bertz CT molecular complexity index is 447. The molecule has 2 rings (SSSR count). The van der Waals surface area contributed by atoms with E-state index in [9.17, 15) is 0 Å². The average molecular weight is 327 g/mol. The molecule has 0 bridgehead atoms. The second kappa shape index (κ2) is 6.02. The van der Waals surface area contributed by atoms with Crippen LogP contribution in [-0.2, 0) is 0 Å². The Hall–Kier alpha value is -0.610. The van der Waals surface area contributed by atoms with Crippen molar-refractivity contribution in [2.45, 2.75) is 38.6 Å². The lowest BCUT2D eigenvalue weighted by molar-refractivity contribution is 0.349. The Morgan fingerprint density at radius 2 is 2.11 bits per heavy atom. The van der Waals surface area contributed by atoms with Crippen LogP contribution in [0.3, 0.4) is 0 Å². The van der Waals surface area contributed by atoms with E-state index in [1.807, 2.05) is 12.1 Å². The summed E-state index contributed by atoms with van der Waals surface area (Å²) in [5.74, 6) is 0.710. The zero-order valence-electron chi connectivity index (χ0n) is 10.6. The molecule has 2 atom stereocenters. The smallest absolute Gasteiger partial charge is 0.106 e. The van der Waals surface area contributed by atoms with E-state index in [1.165, 1.54) is 25.7 Å². The second-order valence-corrected chi connectivity index (χ2v) is 6.42. The van der Waals surface area contributed by atoms with E-state index in [4.69, 9.17) is 18.0 Å². The van der Waals surface area contributed by atoms with Gasteiger partial charge >= 0.3 is 0 Å². The van der Waals surface area contributed by atoms with Crippen molar-refractivity contribution in [3.05, 3.63) is 28.2 Å². The Morgan fingerprint density at radius 1 is 1.39 bits per heavy atom. The molecule has 2 unspecified atom stereocenters. The fraction of sp³-hybridized carbons (Fsp3) is 0.500. The minimum Gasteiger partial charge on any atom is -0.389 e. The molecule has 1 aliphatic carbocycles. The Kier molecular flexibility index (Phi) is 4.62. The number of hydrogen-bond acceptors (Lipinski definition) is 2. The fourth-order valence-corrected chi connectivity index (χ4v) is 3.11. The van der Waals surface area contributed by atoms with Gasteiger partial charge in [-0.1, -0.05) is 47.9 Å². The van der Waals surface area contributed by atoms with Crippen LogP contribution in [0.4, 0.5) is 5.69 Å². The van der Waals surface area contributed by atoms with Crippen LogP contribution in [0.25, 0.3) is 0 Å². The molecule has 1 aromatic rings. The van der Waals surface area contributed by atoms with Crippen molar-refractivity contribution in [2.75, 3.05) is 5.32 Å². The zero-order chi connectivity index (χ0) is 13.1. The highest BCUT2D eigenvalue weighted by Gasteiger charge is 2.22. The molecule has 2 nitrogen and oxygen atoms in total. The largest absolute Gasteiger partial charge is 0.389 e. The van der Waals surface area contributed by atoms with Gasteiger partial charge in [0.1, 0.15) is 4.99 Å². The Labute approximate surface area is 122 Å². The van der Waals surface area contributed by atoms with E-state index in [1.54, 1.807) is 0 Å². The summed E-state index contributed by atoms with van der Waals surface area (Å²) in [6.07, 6.45) is 5.19. The third-order valence-corrected chi connectivity index (χ3v) is 4.41. The van der Waals surface area contributed by atoms with E-state index in [-0.39, 0.29) is 0 Å². The molecule has 0 saturated heterocycles. The lowest BCUT2D eigenvalue weighted by Crippen LogP contribution is -2.31. The molecule has 0 radical (unpaired) electrons. The summed E-state index contributed by atoms with van der Waals surface area (Å²) >= 11 is 8.58. The van der Waals surface area contributed by atoms with Gasteiger partial charge in [-0.2, -0.15) is 0 Å². The van der Waals surface area contributed by atoms with E-state index >= 15 is 0 Å². The summed E-state index contributed by atoms with van der Waals surface area (Å²) in [7, 11) is 0. The first-order valence-electron chi connectivity index (χ1n) is 6.44. The van der Waals surface area contributed by atoms with Gasteiger partial charge in [0.2, 0.25) is 0 Å². The molecular weight excluding hydrogens is 308 g/mol. The molecule has 98 valence electrons. The number of hydrogen-bond donors (Lipinski definition) is 2. The lowest BCUT2D eigenvalue weighted by atomic mass is 9.85. The van der Waals surface area contributed by atoms with E-state index in [0.717, 1.165) is 15.7 Å². The maximum Gasteiger partial charge on any atom is 0.106 e. The molecular formula is C14H19BrN2S. The van der Waals surface area contributed by atoms with Crippen LogP contribution < -0.4 is 11.1 Å². The summed E-state index contributed by atoms with van der Waals surface area (Å²) in [4.78, 5) is 0.447. The maximum absolute atomic E-state index is 5.79. The van der Waals surface area contributed by atoms with Crippen molar-refractivity contribution >= 4 is 38.8 Å². The van der Waals surface area contributed by atoms with Crippen LogP contribution in [0.15, 0.2) is 22.7 Å². The highest BCUT2D eigenvalue weighted by atomic mass is 79.9. The lowest BCUT2D eigenvalue weighted by Gasteiger charge is -2.31. The standard InChI is InChI=1S/C14H19BrN2S/c1-9-4-2-3-5-12(9)17-13-7-6-10(15)8-11(13)14(16)18/h6-9,12,17H,2-5H2,1H3,(H2,16,18). The van der Waals surface area contributed by atoms with Crippen molar-refractivity contribution in [2.24, 2.45) is 11.7 Å². The molecule has 0 heterocycles. The zero-order valence-corrected chi connectivity index (χ0v) is 13.0. The van der Waals surface area contributed by atoms with Gasteiger partial charge in [-0.3, -0.25) is 0 Å². The normalized spacial score (nSPS) is 23.7. The van der Waals surface area contributed by atoms with E-state index in [2.05, 4.69) is 34.2 Å². The average Bonchev–Trinajstić information content (AvgIpc) is 2.34. The molecule has 4 heteroatoms. The molecule has 1 aromatic carbocycles. The molecule has 1 aliphatic rings. The molecule has 18 heavy (non-hydrogen) atoms. The monoisotopic (exact) mass is 326 g/mol. The number of thiocarbonyl (C=S) groups is 1. The van der Waals surface area contributed by atoms with Crippen LogP contribution in [0, 0.1) is 5.92 Å². The number of benzene rings is 1. The van der Waals surface area contributed by atoms with Gasteiger partial charge in [-0.05, 0) is 37.0 Å². The highest BCUT2D eigenvalue weighted by molar-refractivity contribution is 9.10. The first kappa shape index (κ1) is 13.8. The maximum atomic E-state index is 5.79. The van der Waals surface area contributed by atoms with Crippen LogP contribution in [-0.4, -0.2) is 11.0 Å². The summed E-state index contributed by atoms with van der Waals surface area (Å²) in [6.45, 7) is 2.32. The minimum atomic E-state index is 0.447. The molecule has 0 aliphatic heterocycles. The number of nitrogens with two attached hydrogens (primary N) is 1. The molecule has 1 saturated carbocycles. The molecule has 0 aromatic heterocycles. The van der Waals surface area contributed by atoms with Gasteiger partial charge in [-0.15, -0.1) is 0 Å². The van der Waals surface area contributed by atoms with Gasteiger partial charge in [0.25, 0.3) is 0 Å². The van der Waals surface area contributed by atoms with Gasteiger partial charge in [-0.25, -0.2) is 0 Å². The Morgan fingerprint density at radius 3 is 2.78 bits per heavy atom. The molecule has 3 N–H and O–H groups in total. The summed E-state index contributed by atoms with van der Waals surface area (Å²) < 4.78 is 1.01. The molecule has 0 spiro atoms. The van der Waals surface area contributed by atoms with Crippen molar-refractivity contribution in [1.82, 2.24) is 0 Å². The number of rotatable bonds is 3. The third kappa shape index (κ3) is 3.23. The van der Waals surface area contributed by atoms with Crippen molar-refractivity contribution < 1.29 is 0 Å². The van der Waals surface area contributed by atoms with E-state index < -0.39 is 0 Å². The first-order valence-corrected chi connectivity index (χ1v) is 7.64. The number of anilines is 1. The number of halogens is 1. The second-order valence-electron chi connectivity index (χ2n) is 5.07. The quantitative estimate of drug-likeness (QED) is 0.822. The van der Waals surface area contributed by atoms with E-state index in [0.29, 0.717) is 16.9 Å². The van der Waals surface area contributed by atoms with Gasteiger partial charge < -0.3 is 11.1 Å². The van der Waals surface area contributed by atoms with Crippen LogP contribution in [0.1, 0.15) is 38.2 Å². The van der Waals surface area contributed by atoms with Crippen molar-refractivity contribution in [1.29, 1.82) is 0 Å². The van der Waals surface area contributed by atoms with Crippen molar-refractivity contribution in [3.63, 3.8) is 0 Å². The summed E-state index contributed by atoms with van der Waals surface area (Å²) in [5.41, 5.74) is 7.78. The first-order chi connectivity index (χ1) is 8.58. The predicted molar refractivity (Wildman–Crippen MR) is 85.1 cm³/mol.